The van der Waals surface area contributed by atoms with Gasteiger partial charge in [0, 0.05) is 0 Å². The van der Waals surface area contributed by atoms with Gasteiger partial charge >= 0.3 is 0 Å². The fourth-order valence-corrected chi connectivity index (χ4v) is 0. The summed E-state index contributed by atoms with van der Waals surface area (Å²) in [5.74, 6) is 0. The number of rotatable bonds is 1. The highest BCUT2D eigenvalue weighted by molar-refractivity contribution is 7.98. The van der Waals surface area contributed by atoms with E-state index < -0.39 is 0 Å². The number of hydrogen-bond acceptors (Lipinski definition) is 2. The molecule has 0 amide bonds. The van der Waals surface area contributed by atoms with Crippen LogP contribution in [0.15, 0.2) is 0 Å². The van der Waals surface area contributed by atoms with Gasteiger partial charge < -0.3 is 0 Å². The summed E-state index contributed by atoms with van der Waals surface area (Å²) in [5.41, 5.74) is 0. The van der Waals surface area contributed by atoms with E-state index in [1.165, 1.54) is 0 Å². The molecule has 0 unspecified atom stereocenters. The lowest BCUT2D eigenvalue weighted by Gasteiger charge is -1.68. The minimum absolute atomic E-state index is 0.486. The van der Waals surface area contributed by atoms with Gasteiger partial charge in [0.15, 0.2) is 0 Å². The Morgan fingerprint density at radius 2 is 2.25 bits per heavy atom. The van der Waals surface area contributed by atoms with Crippen molar-refractivity contribution >= 4 is 23.5 Å². The zero-order valence-corrected chi connectivity index (χ0v) is 3.64. The van der Waals surface area contributed by atoms with Gasteiger partial charge in [0.2, 0.25) is 0 Å². The van der Waals surface area contributed by atoms with E-state index in [1.54, 1.807) is 0 Å². The first-order valence-corrected chi connectivity index (χ1v) is 2.37. The third-order valence-corrected chi connectivity index (χ3v) is 0.567. The van der Waals surface area contributed by atoms with Crippen molar-refractivity contribution in [3.05, 3.63) is 0 Å². The second kappa shape index (κ2) is 3.60. The molecule has 0 radical (unpaired) electrons. The average Bonchev–Trinajstić information content (AvgIpc) is 1.37. The molecule has 0 aliphatic heterocycles. The molecule has 3 heteroatoms. The molecule has 0 saturated heterocycles. The molecule has 0 aliphatic rings. The van der Waals surface area contributed by atoms with Gasteiger partial charge in [-0.15, -0.1) is 11.6 Å². The quantitative estimate of drug-likeness (QED) is 0.387. The fraction of sp³-hybridized carbons (Fsp3) is 1.00. The van der Waals surface area contributed by atoms with Crippen LogP contribution in [0.3, 0.4) is 0 Å². The van der Waals surface area contributed by atoms with Crippen molar-refractivity contribution in [1.29, 1.82) is 0 Å². The second-order valence-electron chi connectivity index (χ2n) is 0.276. The Morgan fingerprint density at radius 3 is 2.25 bits per heavy atom. The first kappa shape index (κ1) is 4.60. The van der Waals surface area contributed by atoms with Crippen LogP contribution in [-0.4, -0.2) is 5.21 Å². The van der Waals surface area contributed by atoms with E-state index in [2.05, 4.69) is 0 Å². The number of halogens is 1. The number of alkyl halides is 1. The maximum absolute atomic E-state index is 5.02. The Balaban J connectivity index is 1.97. The van der Waals surface area contributed by atoms with Crippen LogP contribution in [0.5, 0.6) is 0 Å². The standard InChI is InChI=1S/CH4ClNS/c2-1-4-3/h1,3H2. The van der Waals surface area contributed by atoms with E-state index in [-0.39, 0.29) is 0 Å². The minimum Gasteiger partial charge on any atom is -0.277 e. The lowest BCUT2D eigenvalue weighted by molar-refractivity contribution is 1.99. The van der Waals surface area contributed by atoms with Crippen LogP contribution >= 0.6 is 23.5 Å². The molecule has 0 aliphatic carbocycles. The van der Waals surface area contributed by atoms with Crippen molar-refractivity contribution in [1.82, 2.24) is 0 Å². The Bertz CT molecular complexity index is 10.0. The van der Waals surface area contributed by atoms with Crippen LogP contribution in [0, 0.1) is 0 Å². The average molecular weight is 97.6 g/mol. The lowest BCUT2D eigenvalue weighted by atomic mass is 11.9. The van der Waals surface area contributed by atoms with Gasteiger partial charge in [-0.25, -0.2) is 0 Å². The summed E-state index contributed by atoms with van der Waals surface area (Å²) in [6.07, 6.45) is 0. The minimum atomic E-state index is 0.486. The lowest BCUT2D eigenvalue weighted by Crippen LogP contribution is -1.71. The third-order valence-electron chi connectivity index (χ3n) is 0.0630. The second-order valence-corrected chi connectivity index (χ2v) is 1.48. The van der Waals surface area contributed by atoms with Crippen LogP contribution in [-0.2, 0) is 0 Å². The SMILES string of the molecule is NSCCl. The van der Waals surface area contributed by atoms with Crippen LogP contribution in [0.4, 0.5) is 0 Å². The van der Waals surface area contributed by atoms with Gasteiger partial charge in [0.1, 0.15) is 0 Å². The molecule has 0 aromatic rings. The van der Waals surface area contributed by atoms with Crippen molar-refractivity contribution in [2.75, 3.05) is 5.21 Å². The molecule has 2 N–H and O–H groups in total. The van der Waals surface area contributed by atoms with Crippen molar-refractivity contribution in [3.8, 4) is 0 Å². The van der Waals surface area contributed by atoms with Gasteiger partial charge in [0.05, 0.1) is 5.21 Å². The maximum Gasteiger partial charge on any atom is 0.0823 e. The summed E-state index contributed by atoms with van der Waals surface area (Å²) < 4.78 is 0. The Kier molecular flexibility index (Phi) is 4.14. The molecule has 0 aromatic heterocycles. The summed E-state index contributed by atoms with van der Waals surface area (Å²) in [6.45, 7) is 0. The molecule has 0 rings (SSSR count). The molecule has 0 fully saturated rings. The molecule has 26 valence electrons. The van der Waals surface area contributed by atoms with E-state index in [9.17, 15) is 0 Å². The highest BCUT2D eigenvalue weighted by atomic mass is 35.5. The van der Waals surface area contributed by atoms with Crippen LogP contribution in [0.2, 0.25) is 0 Å². The van der Waals surface area contributed by atoms with Crippen molar-refractivity contribution in [2.45, 2.75) is 0 Å². The summed E-state index contributed by atoms with van der Waals surface area (Å²) >= 11 is 6.15. The normalized spacial score (nSPS) is 7.50. The van der Waals surface area contributed by atoms with Gasteiger partial charge in [-0.3, -0.25) is 5.14 Å². The topological polar surface area (TPSA) is 26.0 Å². The fourth-order valence-electron chi connectivity index (χ4n) is 0. The zero-order valence-electron chi connectivity index (χ0n) is 2.07. The monoisotopic (exact) mass is 97.0 g/mol. The Hall–Kier alpha value is 0.600. The molecule has 0 bridgehead atoms. The van der Waals surface area contributed by atoms with E-state index >= 15 is 0 Å². The maximum atomic E-state index is 5.02. The van der Waals surface area contributed by atoms with E-state index in [1.807, 2.05) is 0 Å². The largest absolute Gasteiger partial charge is 0.277 e. The van der Waals surface area contributed by atoms with Crippen LogP contribution in [0.25, 0.3) is 0 Å². The molecule has 0 atom stereocenters. The van der Waals surface area contributed by atoms with Gasteiger partial charge in [-0.1, -0.05) is 11.9 Å². The molecule has 0 spiro atoms. The molecule has 0 aromatic carbocycles. The molecule has 1 nitrogen and oxygen atoms in total. The van der Waals surface area contributed by atoms with Crippen LogP contribution in [0.1, 0.15) is 0 Å². The first-order valence-electron chi connectivity index (χ1n) is 0.792. The Morgan fingerprint density at radius 1 is 2.00 bits per heavy atom. The first-order chi connectivity index (χ1) is 1.91. The number of nitrogens with two attached hydrogens (primary N) is 1. The predicted octanol–water partition coefficient (Wildman–Crippen LogP) is 0.790. The van der Waals surface area contributed by atoms with Gasteiger partial charge in [-0.2, -0.15) is 0 Å². The van der Waals surface area contributed by atoms with E-state index in [0.717, 1.165) is 11.9 Å². The smallest absolute Gasteiger partial charge is 0.0823 e. The van der Waals surface area contributed by atoms with Crippen molar-refractivity contribution < 1.29 is 0 Å². The summed E-state index contributed by atoms with van der Waals surface area (Å²) in [6, 6.07) is 0. The summed E-state index contributed by atoms with van der Waals surface area (Å²) in [4.78, 5) is 0. The van der Waals surface area contributed by atoms with Crippen molar-refractivity contribution in [2.24, 2.45) is 5.14 Å². The molecule has 4 heavy (non-hydrogen) atoms. The van der Waals surface area contributed by atoms with Gasteiger partial charge in [-0.05, 0) is 0 Å². The predicted molar refractivity (Wildman–Crippen MR) is 22.5 cm³/mol. The van der Waals surface area contributed by atoms with Crippen LogP contribution < -0.4 is 5.14 Å². The number of hydrogen-bond donors (Lipinski definition) is 1. The van der Waals surface area contributed by atoms with Gasteiger partial charge in [0.25, 0.3) is 0 Å². The molecular weight excluding hydrogens is 93.5 g/mol. The molecule has 0 heterocycles. The summed E-state index contributed by atoms with van der Waals surface area (Å²) in [7, 11) is 0. The van der Waals surface area contributed by atoms with E-state index in [0.29, 0.717) is 5.21 Å². The van der Waals surface area contributed by atoms with E-state index in [4.69, 9.17) is 16.7 Å². The van der Waals surface area contributed by atoms with Crippen molar-refractivity contribution in [3.63, 3.8) is 0 Å². The highest BCUT2D eigenvalue weighted by Gasteiger charge is 1.58. The Labute approximate surface area is 34.6 Å². The third kappa shape index (κ3) is 2.60. The zero-order chi connectivity index (χ0) is 3.41. The summed E-state index contributed by atoms with van der Waals surface area (Å²) in [5, 5.41) is 5.30. The molecule has 0 saturated carbocycles. The molecular formula is CH4ClNS. The highest BCUT2D eigenvalue weighted by Crippen LogP contribution is 1.85.